The van der Waals surface area contributed by atoms with Crippen LogP contribution < -0.4 is 14.2 Å². The van der Waals surface area contributed by atoms with E-state index in [2.05, 4.69) is 0 Å². The van der Waals surface area contributed by atoms with Gasteiger partial charge in [-0.3, -0.25) is 0 Å². The molecule has 0 unspecified atom stereocenters. The second-order valence-corrected chi connectivity index (χ2v) is 4.73. The molecule has 0 fully saturated rings. The summed E-state index contributed by atoms with van der Waals surface area (Å²) < 4.78 is 21.3. The largest absolute Gasteiger partial charge is 0.496 e. The van der Waals surface area contributed by atoms with Crippen molar-refractivity contribution in [1.82, 2.24) is 0 Å². The number of benzene rings is 2. The van der Waals surface area contributed by atoms with Crippen molar-refractivity contribution in [2.45, 2.75) is 6.61 Å². The van der Waals surface area contributed by atoms with E-state index in [0.717, 1.165) is 5.39 Å². The summed E-state index contributed by atoms with van der Waals surface area (Å²) in [5.41, 5.74) is 0.691. The minimum atomic E-state index is -0.118. The van der Waals surface area contributed by atoms with Crippen LogP contribution in [0.4, 0.5) is 0 Å². The molecule has 0 aliphatic rings. The van der Waals surface area contributed by atoms with Gasteiger partial charge in [0.1, 0.15) is 17.2 Å². The number of halogens is 1. The predicted octanol–water partition coefficient (Wildman–Crippen LogP) is 2.99. The van der Waals surface area contributed by atoms with Crippen LogP contribution in [0.1, 0.15) is 5.56 Å². The van der Waals surface area contributed by atoms with E-state index in [4.69, 9.17) is 30.5 Å². The van der Waals surface area contributed by atoms with Crippen LogP contribution in [0.15, 0.2) is 18.2 Å². The molecule has 0 spiro atoms. The van der Waals surface area contributed by atoms with Gasteiger partial charge in [-0.15, -0.1) is 0 Å². The highest BCUT2D eigenvalue weighted by Gasteiger charge is 2.18. The Morgan fingerprint density at radius 1 is 1.05 bits per heavy atom. The highest BCUT2D eigenvalue weighted by Crippen LogP contribution is 2.44. The van der Waals surface area contributed by atoms with Gasteiger partial charge >= 0.3 is 0 Å². The monoisotopic (exact) mass is 312 g/mol. The van der Waals surface area contributed by atoms with Crippen LogP contribution in [0.2, 0.25) is 5.02 Å². The van der Waals surface area contributed by atoms with E-state index in [0.29, 0.717) is 33.2 Å². The summed E-state index contributed by atoms with van der Waals surface area (Å²) in [5.74, 6) is 1.58. The van der Waals surface area contributed by atoms with Gasteiger partial charge in [-0.25, -0.2) is 0 Å². The minimum absolute atomic E-state index is 0.0714. The third kappa shape index (κ3) is 3.00. The number of fused-ring (bicyclic) bond motifs is 1. The van der Waals surface area contributed by atoms with Crippen molar-refractivity contribution < 1.29 is 24.1 Å². The molecule has 0 atom stereocenters. The fourth-order valence-corrected chi connectivity index (χ4v) is 2.45. The topological polar surface area (TPSA) is 57.2 Å². The Balaban J connectivity index is 2.81. The van der Waals surface area contributed by atoms with Gasteiger partial charge in [0, 0.05) is 18.6 Å². The van der Waals surface area contributed by atoms with Crippen molar-refractivity contribution in [3.05, 3.63) is 28.8 Å². The zero-order valence-corrected chi connectivity index (χ0v) is 12.9. The maximum atomic E-state index is 9.41. The van der Waals surface area contributed by atoms with Gasteiger partial charge in [0.15, 0.2) is 6.79 Å². The summed E-state index contributed by atoms with van der Waals surface area (Å²) in [7, 11) is 4.62. The first-order valence-electron chi connectivity index (χ1n) is 6.26. The van der Waals surface area contributed by atoms with Gasteiger partial charge in [-0.05, 0) is 17.7 Å². The highest BCUT2D eigenvalue weighted by atomic mass is 35.5. The molecule has 2 rings (SSSR count). The summed E-state index contributed by atoms with van der Waals surface area (Å²) >= 11 is 6.23. The molecule has 0 bridgehead atoms. The van der Waals surface area contributed by atoms with Gasteiger partial charge in [0.25, 0.3) is 0 Å². The van der Waals surface area contributed by atoms with Crippen molar-refractivity contribution in [2.24, 2.45) is 0 Å². The molecule has 114 valence electrons. The van der Waals surface area contributed by atoms with Gasteiger partial charge in [-0.2, -0.15) is 0 Å². The molecular formula is C15H17ClO5. The van der Waals surface area contributed by atoms with Crippen LogP contribution >= 0.6 is 11.6 Å². The third-order valence-corrected chi connectivity index (χ3v) is 3.35. The smallest absolute Gasteiger partial charge is 0.188 e. The van der Waals surface area contributed by atoms with Crippen LogP contribution in [0, 0.1) is 0 Å². The Bertz CT molecular complexity index is 642. The molecule has 0 amide bonds. The summed E-state index contributed by atoms with van der Waals surface area (Å²) in [6, 6.07) is 5.20. The average molecular weight is 313 g/mol. The molecule has 21 heavy (non-hydrogen) atoms. The van der Waals surface area contributed by atoms with E-state index in [1.165, 1.54) is 14.2 Å². The Morgan fingerprint density at radius 3 is 2.38 bits per heavy atom. The van der Waals surface area contributed by atoms with Crippen molar-refractivity contribution in [1.29, 1.82) is 0 Å². The fourth-order valence-electron chi connectivity index (χ4n) is 2.17. The number of rotatable bonds is 6. The van der Waals surface area contributed by atoms with E-state index >= 15 is 0 Å². The third-order valence-electron chi connectivity index (χ3n) is 3.07. The molecule has 5 nitrogen and oxygen atoms in total. The predicted molar refractivity (Wildman–Crippen MR) is 80.5 cm³/mol. The van der Waals surface area contributed by atoms with Crippen LogP contribution in [-0.4, -0.2) is 33.2 Å². The Morgan fingerprint density at radius 2 is 1.81 bits per heavy atom. The molecule has 0 radical (unpaired) electrons. The first-order chi connectivity index (χ1) is 10.2. The molecule has 6 heteroatoms. The molecule has 0 aliphatic carbocycles. The maximum absolute atomic E-state index is 9.41. The minimum Gasteiger partial charge on any atom is -0.496 e. The van der Waals surface area contributed by atoms with E-state index in [1.807, 2.05) is 6.07 Å². The van der Waals surface area contributed by atoms with Gasteiger partial charge in [-0.1, -0.05) is 11.6 Å². The number of aliphatic hydroxyl groups excluding tert-OH is 1. The molecule has 2 aromatic carbocycles. The zero-order valence-electron chi connectivity index (χ0n) is 12.1. The summed E-state index contributed by atoms with van der Waals surface area (Å²) in [6.07, 6.45) is 0. The average Bonchev–Trinajstić information content (AvgIpc) is 2.51. The number of methoxy groups -OCH3 is 3. The lowest BCUT2D eigenvalue weighted by Crippen LogP contribution is -2.02. The summed E-state index contributed by atoms with van der Waals surface area (Å²) in [5, 5.41) is 11.2. The van der Waals surface area contributed by atoms with Crippen LogP contribution in [-0.2, 0) is 11.3 Å². The first kappa shape index (κ1) is 15.7. The van der Waals surface area contributed by atoms with E-state index in [-0.39, 0.29) is 13.4 Å². The second-order valence-electron chi connectivity index (χ2n) is 4.32. The van der Waals surface area contributed by atoms with Gasteiger partial charge in [0.2, 0.25) is 0 Å². The number of hydrogen-bond donors (Lipinski definition) is 1. The maximum Gasteiger partial charge on any atom is 0.188 e. The number of aliphatic hydroxyl groups is 1. The van der Waals surface area contributed by atoms with Crippen LogP contribution in [0.3, 0.4) is 0 Å². The normalized spacial score (nSPS) is 10.7. The molecule has 0 heterocycles. The SMILES string of the molecule is COCOc1cc(CO)cc2c(OC)cc(Cl)c(OC)c12. The van der Waals surface area contributed by atoms with Crippen molar-refractivity contribution in [3.8, 4) is 17.2 Å². The van der Waals surface area contributed by atoms with E-state index in [9.17, 15) is 5.11 Å². The zero-order chi connectivity index (χ0) is 15.4. The molecule has 0 aliphatic heterocycles. The highest BCUT2D eigenvalue weighted by molar-refractivity contribution is 6.34. The summed E-state index contributed by atoms with van der Waals surface area (Å²) in [4.78, 5) is 0. The Hall–Kier alpha value is -1.69. The lowest BCUT2D eigenvalue weighted by atomic mass is 10.0. The van der Waals surface area contributed by atoms with E-state index in [1.54, 1.807) is 19.2 Å². The molecule has 0 aromatic heterocycles. The Kier molecular flexibility index (Phi) is 5.12. The molecular weight excluding hydrogens is 296 g/mol. The van der Waals surface area contributed by atoms with Gasteiger partial charge in [0.05, 0.1) is 31.2 Å². The molecule has 0 saturated carbocycles. The summed E-state index contributed by atoms with van der Waals surface area (Å²) in [6.45, 7) is -0.0463. The molecule has 0 saturated heterocycles. The quantitative estimate of drug-likeness (QED) is 0.831. The molecule has 2 aromatic rings. The van der Waals surface area contributed by atoms with Crippen molar-refractivity contribution in [3.63, 3.8) is 0 Å². The number of ether oxygens (including phenoxy) is 4. The van der Waals surface area contributed by atoms with Crippen molar-refractivity contribution in [2.75, 3.05) is 28.1 Å². The van der Waals surface area contributed by atoms with E-state index < -0.39 is 0 Å². The van der Waals surface area contributed by atoms with Crippen molar-refractivity contribution >= 4 is 22.4 Å². The van der Waals surface area contributed by atoms with Gasteiger partial charge < -0.3 is 24.1 Å². The number of hydrogen-bond acceptors (Lipinski definition) is 5. The van der Waals surface area contributed by atoms with Crippen LogP contribution in [0.5, 0.6) is 17.2 Å². The lowest BCUT2D eigenvalue weighted by Gasteiger charge is -2.16. The standard InChI is InChI=1S/C15H17ClO5/c1-18-8-21-13-5-9(7-17)4-10-12(19-2)6-11(16)15(20-3)14(10)13/h4-6,17H,7-8H2,1-3H3. The first-order valence-corrected chi connectivity index (χ1v) is 6.63. The lowest BCUT2D eigenvalue weighted by molar-refractivity contribution is 0.0520. The molecule has 1 N–H and O–H groups in total. The second kappa shape index (κ2) is 6.85. The Labute approximate surface area is 127 Å². The van der Waals surface area contributed by atoms with Crippen LogP contribution in [0.25, 0.3) is 10.8 Å². The fraction of sp³-hybridized carbons (Fsp3) is 0.333.